The van der Waals surface area contributed by atoms with Crippen molar-refractivity contribution in [3.8, 4) is 0 Å². The average Bonchev–Trinajstić information content (AvgIpc) is 3.12. The van der Waals surface area contributed by atoms with Crippen LogP contribution in [0.15, 0.2) is 52.1 Å². The van der Waals surface area contributed by atoms with Crippen molar-refractivity contribution >= 4 is 27.3 Å². The van der Waals surface area contributed by atoms with Gasteiger partial charge in [-0.15, -0.1) is 16.4 Å². The van der Waals surface area contributed by atoms with Crippen LogP contribution in [-0.4, -0.2) is 5.06 Å². The Hall–Kier alpha value is -1.30. The molecule has 4 rings (SSSR count). The predicted molar refractivity (Wildman–Crippen MR) is 92.1 cm³/mol. The first-order chi connectivity index (χ1) is 10.7. The number of halogens is 1. The molecule has 1 aliphatic heterocycles. The number of hydrogen-bond donors (Lipinski definition) is 1. The van der Waals surface area contributed by atoms with Gasteiger partial charge >= 0.3 is 0 Å². The highest BCUT2D eigenvalue weighted by atomic mass is 79.9. The van der Waals surface area contributed by atoms with Crippen LogP contribution in [0, 0.1) is 0 Å². The fourth-order valence-electron chi connectivity index (χ4n) is 3.38. The number of hydroxylamine groups is 2. The van der Waals surface area contributed by atoms with Crippen molar-refractivity contribution in [3.05, 3.63) is 68.1 Å². The first-order valence-electron chi connectivity index (χ1n) is 7.49. The number of rotatable bonds is 2. The minimum atomic E-state index is 0.0902. The zero-order valence-electron chi connectivity index (χ0n) is 12.0. The monoisotopic (exact) mass is 376 g/mol. The maximum atomic E-state index is 5.98. The van der Waals surface area contributed by atoms with Gasteiger partial charge in [0.1, 0.15) is 6.04 Å². The summed E-state index contributed by atoms with van der Waals surface area (Å²) in [6.45, 7) is 0. The molecule has 0 radical (unpaired) electrons. The van der Waals surface area contributed by atoms with Gasteiger partial charge in [0, 0.05) is 11.0 Å². The number of hydrogen-bond acceptors (Lipinski definition) is 4. The van der Waals surface area contributed by atoms with Gasteiger partial charge in [0.25, 0.3) is 0 Å². The maximum absolute atomic E-state index is 5.98. The zero-order valence-corrected chi connectivity index (χ0v) is 14.4. The highest BCUT2D eigenvalue weighted by Crippen LogP contribution is 2.44. The van der Waals surface area contributed by atoms with Crippen molar-refractivity contribution < 1.29 is 4.84 Å². The largest absolute Gasteiger partial charge is 0.387 e. The summed E-state index contributed by atoms with van der Waals surface area (Å²) >= 11 is 5.27. The van der Waals surface area contributed by atoms with E-state index in [9.17, 15) is 0 Å². The highest BCUT2D eigenvalue weighted by molar-refractivity contribution is 9.11. The second kappa shape index (κ2) is 5.72. The Bertz CT molecular complexity index is 727. The van der Waals surface area contributed by atoms with E-state index in [4.69, 9.17) is 10.6 Å². The summed E-state index contributed by atoms with van der Waals surface area (Å²) in [7, 11) is 0. The Labute approximate surface area is 142 Å². The molecule has 2 unspecified atom stereocenters. The lowest BCUT2D eigenvalue weighted by atomic mass is 9.87. The quantitative estimate of drug-likeness (QED) is 0.826. The molecule has 1 aromatic heterocycles. The molecule has 2 atom stereocenters. The fourth-order valence-corrected chi connectivity index (χ4v) is 4.87. The minimum absolute atomic E-state index is 0.0902. The predicted octanol–water partition coefficient (Wildman–Crippen LogP) is 4.68. The average molecular weight is 377 g/mol. The van der Waals surface area contributed by atoms with E-state index in [1.807, 2.05) is 6.08 Å². The van der Waals surface area contributed by atoms with Crippen LogP contribution < -0.4 is 5.73 Å². The molecule has 22 heavy (non-hydrogen) atoms. The second-order valence-corrected chi connectivity index (χ2v) is 8.21. The summed E-state index contributed by atoms with van der Waals surface area (Å²) in [6, 6.07) is 13.2. The Morgan fingerprint density at radius 1 is 1.23 bits per heavy atom. The fraction of sp³-hybridized carbons (Fsp3) is 0.294. The molecular formula is C17H17BrN2OS. The van der Waals surface area contributed by atoms with Gasteiger partial charge in [-0.1, -0.05) is 24.3 Å². The SMILES string of the molecule is NC1=CC(c2ccc(Br)s2)N(C2CCCc3ccccc32)O1. The molecule has 0 amide bonds. The second-order valence-electron chi connectivity index (χ2n) is 5.71. The topological polar surface area (TPSA) is 38.5 Å². The number of aryl methyl sites for hydroxylation is 1. The van der Waals surface area contributed by atoms with E-state index in [1.165, 1.54) is 22.4 Å². The molecule has 2 N–H and O–H groups in total. The molecular weight excluding hydrogens is 360 g/mol. The molecule has 2 heterocycles. The van der Waals surface area contributed by atoms with Crippen molar-refractivity contribution in [2.24, 2.45) is 5.73 Å². The smallest absolute Gasteiger partial charge is 0.207 e. The lowest BCUT2D eigenvalue weighted by Crippen LogP contribution is -2.31. The first kappa shape index (κ1) is 14.3. The van der Waals surface area contributed by atoms with Gasteiger partial charge in [0.15, 0.2) is 0 Å². The standard InChI is InChI=1S/C17H17BrN2OS/c18-16-9-8-15(22-16)14-10-17(19)21-20(14)13-7-3-5-11-4-1-2-6-12(11)13/h1-2,4,6,8-10,13-14H,3,5,7,19H2. The van der Waals surface area contributed by atoms with Crippen molar-refractivity contribution in [2.45, 2.75) is 31.3 Å². The van der Waals surface area contributed by atoms with Gasteiger partial charge in [0.05, 0.1) is 9.83 Å². The Morgan fingerprint density at radius 2 is 2.09 bits per heavy atom. The van der Waals surface area contributed by atoms with Crippen LogP contribution in [0.25, 0.3) is 0 Å². The van der Waals surface area contributed by atoms with Crippen molar-refractivity contribution in [2.75, 3.05) is 0 Å². The highest BCUT2D eigenvalue weighted by Gasteiger charge is 2.37. The Morgan fingerprint density at radius 3 is 2.91 bits per heavy atom. The van der Waals surface area contributed by atoms with Crippen LogP contribution in [0.5, 0.6) is 0 Å². The normalized spacial score (nSPS) is 24.7. The molecule has 1 aromatic carbocycles. The summed E-state index contributed by atoms with van der Waals surface area (Å²) < 4.78 is 1.13. The van der Waals surface area contributed by atoms with Crippen LogP contribution in [0.3, 0.4) is 0 Å². The Balaban J connectivity index is 1.70. The van der Waals surface area contributed by atoms with Crippen molar-refractivity contribution in [1.82, 2.24) is 5.06 Å². The van der Waals surface area contributed by atoms with Gasteiger partial charge in [-0.25, -0.2) is 0 Å². The maximum Gasteiger partial charge on any atom is 0.207 e. The van der Waals surface area contributed by atoms with Gasteiger partial charge in [0.2, 0.25) is 5.88 Å². The molecule has 114 valence electrons. The van der Waals surface area contributed by atoms with E-state index < -0.39 is 0 Å². The van der Waals surface area contributed by atoms with E-state index in [1.54, 1.807) is 11.3 Å². The summed E-state index contributed by atoms with van der Waals surface area (Å²) in [6.07, 6.45) is 5.44. The van der Waals surface area contributed by atoms with E-state index in [-0.39, 0.29) is 12.1 Å². The van der Waals surface area contributed by atoms with Crippen LogP contribution in [-0.2, 0) is 11.3 Å². The van der Waals surface area contributed by atoms with E-state index in [0.717, 1.165) is 16.6 Å². The van der Waals surface area contributed by atoms with Crippen LogP contribution in [0.2, 0.25) is 0 Å². The van der Waals surface area contributed by atoms with Gasteiger partial charge < -0.3 is 10.6 Å². The van der Waals surface area contributed by atoms with Gasteiger partial charge in [-0.2, -0.15) is 0 Å². The molecule has 1 aliphatic carbocycles. The molecule has 0 saturated carbocycles. The summed E-state index contributed by atoms with van der Waals surface area (Å²) in [5, 5.41) is 2.08. The number of fused-ring (bicyclic) bond motifs is 1. The Kier molecular flexibility index (Phi) is 3.72. The van der Waals surface area contributed by atoms with Gasteiger partial charge in [-0.05, 0) is 58.5 Å². The molecule has 3 nitrogen and oxygen atoms in total. The minimum Gasteiger partial charge on any atom is -0.387 e. The lowest BCUT2D eigenvalue weighted by molar-refractivity contribution is -0.157. The molecule has 0 saturated heterocycles. The van der Waals surface area contributed by atoms with Crippen molar-refractivity contribution in [3.63, 3.8) is 0 Å². The molecule has 5 heteroatoms. The third-order valence-electron chi connectivity index (χ3n) is 4.34. The molecule has 0 fully saturated rings. The van der Waals surface area contributed by atoms with Crippen LogP contribution >= 0.6 is 27.3 Å². The third-order valence-corrected chi connectivity index (χ3v) is 6.03. The molecule has 0 bridgehead atoms. The van der Waals surface area contributed by atoms with Crippen molar-refractivity contribution in [1.29, 1.82) is 0 Å². The molecule has 0 spiro atoms. The number of nitrogens with zero attached hydrogens (tertiary/aromatic N) is 1. The number of thiophene rings is 1. The molecule has 2 aromatic rings. The van der Waals surface area contributed by atoms with E-state index >= 15 is 0 Å². The van der Waals surface area contributed by atoms with Gasteiger partial charge in [-0.3, -0.25) is 0 Å². The first-order valence-corrected chi connectivity index (χ1v) is 9.10. The number of nitrogens with two attached hydrogens (primary N) is 1. The summed E-state index contributed by atoms with van der Waals surface area (Å²) in [4.78, 5) is 7.14. The molecule has 2 aliphatic rings. The van der Waals surface area contributed by atoms with E-state index in [0.29, 0.717) is 5.88 Å². The van der Waals surface area contributed by atoms with Crippen LogP contribution in [0.4, 0.5) is 0 Å². The van der Waals surface area contributed by atoms with Crippen LogP contribution in [0.1, 0.15) is 40.9 Å². The summed E-state index contributed by atoms with van der Waals surface area (Å²) in [5.74, 6) is 0.498. The van der Waals surface area contributed by atoms with E-state index in [2.05, 4.69) is 57.4 Å². The summed E-state index contributed by atoms with van der Waals surface area (Å²) in [5.41, 5.74) is 8.78. The number of benzene rings is 1. The third kappa shape index (κ3) is 2.47. The zero-order chi connectivity index (χ0) is 15.1. The lowest BCUT2D eigenvalue weighted by Gasteiger charge is -2.34.